The zero-order chi connectivity index (χ0) is 17.6. The van der Waals surface area contributed by atoms with Crippen molar-refractivity contribution in [3.05, 3.63) is 29.0 Å². The van der Waals surface area contributed by atoms with Crippen LogP contribution in [0.25, 0.3) is 0 Å². The Hall–Kier alpha value is -1.62. The smallest absolute Gasteiger partial charge is 0.312 e. The van der Waals surface area contributed by atoms with Crippen LogP contribution in [-0.4, -0.2) is 18.5 Å². The number of nitrogens with one attached hydrogen (secondary N) is 1. The number of esters is 1. The minimum absolute atomic E-state index is 0.112. The summed E-state index contributed by atoms with van der Waals surface area (Å²) >= 11 is 5.88. The van der Waals surface area contributed by atoms with E-state index < -0.39 is 11.7 Å². The van der Waals surface area contributed by atoms with E-state index in [1.807, 2.05) is 0 Å². The van der Waals surface area contributed by atoms with Gasteiger partial charge in [0.1, 0.15) is 5.82 Å². The van der Waals surface area contributed by atoms with Gasteiger partial charge in [-0.05, 0) is 74.5 Å². The van der Waals surface area contributed by atoms with Gasteiger partial charge in [0.25, 0.3) is 5.91 Å². The fraction of sp³-hybridized carbons (Fsp3) is 0.579. The van der Waals surface area contributed by atoms with Crippen molar-refractivity contribution in [1.82, 2.24) is 0 Å². The molecule has 1 amide bonds. The van der Waals surface area contributed by atoms with Crippen LogP contribution in [0.3, 0.4) is 0 Å². The van der Waals surface area contributed by atoms with Crippen LogP contribution in [0.5, 0.6) is 0 Å². The van der Waals surface area contributed by atoms with Gasteiger partial charge in [-0.15, -0.1) is 0 Å². The van der Waals surface area contributed by atoms with Crippen LogP contribution in [0.4, 0.5) is 10.1 Å². The minimum Gasteiger partial charge on any atom is -0.455 e. The number of ether oxygens (including phenoxy) is 1. The van der Waals surface area contributed by atoms with Gasteiger partial charge in [-0.1, -0.05) is 11.6 Å². The van der Waals surface area contributed by atoms with E-state index in [-0.39, 0.29) is 23.0 Å². The van der Waals surface area contributed by atoms with E-state index in [1.54, 1.807) is 0 Å². The summed E-state index contributed by atoms with van der Waals surface area (Å²) < 4.78 is 18.4. The van der Waals surface area contributed by atoms with Crippen molar-refractivity contribution in [3.8, 4) is 0 Å². The van der Waals surface area contributed by atoms with Crippen LogP contribution in [-0.2, 0) is 14.3 Å². The largest absolute Gasteiger partial charge is 0.455 e. The van der Waals surface area contributed by atoms with Gasteiger partial charge in [-0.3, -0.25) is 9.59 Å². The lowest BCUT2D eigenvalue weighted by Gasteiger charge is -2.55. The molecule has 0 unspecified atom stereocenters. The first-order valence-corrected chi connectivity index (χ1v) is 9.23. The molecule has 6 heteroatoms. The molecule has 4 aliphatic carbocycles. The first kappa shape index (κ1) is 16.8. The third-order valence-electron chi connectivity index (χ3n) is 6.01. The number of carbonyl (C=O) groups is 2. The molecule has 1 aromatic carbocycles. The maximum atomic E-state index is 13.0. The fourth-order valence-electron chi connectivity index (χ4n) is 5.42. The Labute approximate surface area is 151 Å². The highest BCUT2D eigenvalue weighted by atomic mass is 35.5. The van der Waals surface area contributed by atoms with Crippen LogP contribution >= 0.6 is 11.6 Å². The number of amides is 1. The van der Waals surface area contributed by atoms with Gasteiger partial charge in [0, 0.05) is 0 Å². The van der Waals surface area contributed by atoms with Crippen LogP contribution in [0, 0.1) is 29.0 Å². The molecule has 0 radical (unpaired) electrons. The van der Waals surface area contributed by atoms with E-state index in [0.717, 1.165) is 25.3 Å². The molecule has 1 aromatic rings. The molecule has 0 aliphatic heterocycles. The molecule has 134 valence electrons. The predicted octanol–water partition coefficient (Wildman–Crippen LogP) is 4.18. The van der Waals surface area contributed by atoms with Crippen molar-refractivity contribution in [2.24, 2.45) is 23.2 Å². The number of carbonyl (C=O) groups excluding carboxylic acids is 2. The Balaban J connectivity index is 1.35. The van der Waals surface area contributed by atoms with Crippen LogP contribution in [0.1, 0.15) is 38.5 Å². The summed E-state index contributed by atoms with van der Waals surface area (Å²) in [6.45, 7) is -0.339. The summed E-state index contributed by atoms with van der Waals surface area (Å²) in [5, 5.41) is 2.66. The molecule has 0 heterocycles. The van der Waals surface area contributed by atoms with Crippen LogP contribution < -0.4 is 5.32 Å². The van der Waals surface area contributed by atoms with Gasteiger partial charge >= 0.3 is 5.97 Å². The van der Waals surface area contributed by atoms with Gasteiger partial charge in [-0.2, -0.15) is 0 Å². The highest BCUT2D eigenvalue weighted by Crippen LogP contribution is 2.60. The zero-order valence-corrected chi connectivity index (χ0v) is 14.7. The lowest BCUT2D eigenvalue weighted by molar-refractivity contribution is -0.172. The second kappa shape index (κ2) is 6.27. The highest BCUT2D eigenvalue weighted by Gasteiger charge is 2.55. The molecule has 4 aliphatic rings. The van der Waals surface area contributed by atoms with Crippen molar-refractivity contribution in [3.63, 3.8) is 0 Å². The number of rotatable bonds is 4. The van der Waals surface area contributed by atoms with Gasteiger partial charge in [0.15, 0.2) is 6.61 Å². The molecule has 4 saturated carbocycles. The third-order valence-corrected chi connectivity index (χ3v) is 6.32. The van der Waals surface area contributed by atoms with Gasteiger partial charge < -0.3 is 10.1 Å². The standard InChI is InChI=1S/C19H21ClFNO3/c20-15-6-14(21)1-2-16(15)22-17(23)10-25-18(24)19-7-11-3-12(8-19)5-13(4-11)9-19/h1-2,6,11-13H,3-5,7-10H2,(H,22,23). The van der Waals surface area contributed by atoms with Crippen molar-refractivity contribution < 1.29 is 18.7 Å². The first-order valence-electron chi connectivity index (χ1n) is 8.86. The maximum Gasteiger partial charge on any atom is 0.312 e. The molecule has 0 spiro atoms. The topological polar surface area (TPSA) is 55.4 Å². The summed E-state index contributed by atoms with van der Waals surface area (Å²) in [6.07, 6.45) is 6.46. The molecular weight excluding hydrogens is 345 g/mol. The third kappa shape index (κ3) is 3.26. The molecule has 5 rings (SSSR count). The number of anilines is 1. The van der Waals surface area contributed by atoms with Crippen LogP contribution in [0.15, 0.2) is 18.2 Å². The molecule has 4 fully saturated rings. The minimum atomic E-state index is -0.476. The Kier molecular flexibility index (Phi) is 4.22. The van der Waals surface area contributed by atoms with E-state index in [2.05, 4.69) is 5.32 Å². The average Bonchev–Trinajstić information content (AvgIpc) is 2.54. The van der Waals surface area contributed by atoms with E-state index in [9.17, 15) is 14.0 Å². The average molecular weight is 366 g/mol. The Morgan fingerprint density at radius 1 is 1.16 bits per heavy atom. The second-order valence-electron chi connectivity index (χ2n) is 7.95. The lowest BCUT2D eigenvalue weighted by Crippen LogP contribution is -2.50. The summed E-state index contributed by atoms with van der Waals surface area (Å²) in [6, 6.07) is 3.72. The molecule has 0 saturated heterocycles. The van der Waals surface area contributed by atoms with Crippen molar-refractivity contribution in [2.75, 3.05) is 11.9 Å². The molecule has 1 N–H and O–H groups in total. The SMILES string of the molecule is O=C(COC(=O)C12CC3CC(CC(C3)C1)C2)Nc1ccc(F)cc1Cl. The summed E-state index contributed by atoms with van der Waals surface area (Å²) in [7, 11) is 0. The van der Waals surface area contributed by atoms with Gasteiger partial charge in [-0.25, -0.2) is 4.39 Å². The van der Waals surface area contributed by atoms with E-state index in [0.29, 0.717) is 23.4 Å². The van der Waals surface area contributed by atoms with Crippen LogP contribution in [0.2, 0.25) is 5.02 Å². The normalized spacial score (nSPS) is 32.5. The Bertz CT molecular complexity index is 685. The zero-order valence-electron chi connectivity index (χ0n) is 13.9. The van der Waals surface area contributed by atoms with E-state index in [1.165, 1.54) is 31.4 Å². The predicted molar refractivity (Wildman–Crippen MR) is 91.6 cm³/mol. The second-order valence-corrected chi connectivity index (χ2v) is 8.35. The molecular formula is C19H21ClFNO3. The lowest BCUT2D eigenvalue weighted by atomic mass is 9.49. The monoisotopic (exact) mass is 365 g/mol. The Morgan fingerprint density at radius 3 is 2.32 bits per heavy atom. The van der Waals surface area contributed by atoms with Crippen molar-refractivity contribution in [2.45, 2.75) is 38.5 Å². The van der Waals surface area contributed by atoms with E-state index in [4.69, 9.17) is 16.3 Å². The quantitative estimate of drug-likeness (QED) is 0.814. The number of hydrogen-bond donors (Lipinski definition) is 1. The highest BCUT2D eigenvalue weighted by molar-refractivity contribution is 6.33. The van der Waals surface area contributed by atoms with Gasteiger partial charge in [0.05, 0.1) is 16.1 Å². The Morgan fingerprint density at radius 2 is 1.76 bits per heavy atom. The number of hydrogen-bond acceptors (Lipinski definition) is 3. The number of halogens is 2. The van der Waals surface area contributed by atoms with Crippen molar-refractivity contribution in [1.29, 1.82) is 0 Å². The molecule has 4 bridgehead atoms. The number of benzene rings is 1. The molecule has 0 aromatic heterocycles. The summed E-state index contributed by atoms with van der Waals surface area (Å²) in [5.74, 6) is 0.761. The van der Waals surface area contributed by atoms with Gasteiger partial charge in [0.2, 0.25) is 0 Å². The first-order chi connectivity index (χ1) is 11.9. The molecule has 0 atom stereocenters. The van der Waals surface area contributed by atoms with E-state index >= 15 is 0 Å². The maximum absolute atomic E-state index is 13.0. The summed E-state index contributed by atoms with van der Waals surface area (Å²) in [5.41, 5.74) is -0.0679. The van der Waals surface area contributed by atoms with Crippen molar-refractivity contribution >= 4 is 29.2 Å². The molecule has 4 nitrogen and oxygen atoms in total. The molecule has 25 heavy (non-hydrogen) atoms. The fourth-order valence-corrected chi connectivity index (χ4v) is 5.64. The summed E-state index contributed by atoms with van der Waals surface area (Å²) in [4.78, 5) is 24.7.